The second-order valence-electron chi connectivity index (χ2n) is 5.78. The molecule has 0 radical (unpaired) electrons. The minimum absolute atomic E-state index is 0.465. The van der Waals surface area contributed by atoms with Gasteiger partial charge in [0.15, 0.2) is 0 Å². The van der Waals surface area contributed by atoms with E-state index in [9.17, 15) is 5.26 Å². The second-order valence-corrected chi connectivity index (χ2v) is 5.78. The molecule has 0 unspecified atom stereocenters. The molecular weight excluding hydrogens is 284 g/mol. The number of aliphatic imine (C=N–C) groups is 1. The Balaban J connectivity index is 2.14. The van der Waals surface area contributed by atoms with Crippen molar-refractivity contribution >= 4 is 17.1 Å². The Kier molecular flexibility index (Phi) is 5.37. The van der Waals surface area contributed by atoms with E-state index in [1.807, 2.05) is 69.5 Å². The maximum absolute atomic E-state index is 9.35. The molecule has 0 aromatic heterocycles. The van der Waals surface area contributed by atoms with E-state index in [4.69, 9.17) is 0 Å². The zero-order chi connectivity index (χ0) is 16.8. The number of nitrogens with zero attached hydrogens (tertiary/aromatic N) is 4. The topological polar surface area (TPSA) is 42.6 Å². The van der Waals surface area contributed by atoms with Crippen LogP contribution in [-0.4, -0.2) is 33.9 Å². The molecule has 2 aromatic carbocycles. The summed E-state index contributed by atoms with van der Waals surface area (Å²) in [7, 11) is 8.01. The highest BCUT2D eigenvalue weighted by molar-refractivity contribution is 6.11. The number of benzene rings is 2. The lowest BCUT2D eigenvalue weighted by atomic mass is 10.1. The van der Waals surface area contributed by atoms with Crippen LogP contribution in [0.4, 0.5) is 11.4 Å². The predicted octanol–water partition coefficient (Wildman–Crippen LogP) is 3.33. The van der Waals surface area contributed by atoms with Crippen LogP contribution in [0, 0.1) is 11.3 Å². The highest BCUT2D eigenvalue weighted by Gasteiger charge is 2.04. The molecule has 0 heterocycles. The molecule has 0 N–H and O–H groups in total. The van der Waals surface area contributed by atoms with Gasteiger partial charge in [0.2, 0.25) is 0 Å². The van der Waals surface area contributed by atoms with E-state index in [0.717, 1.165) is 22.5 Å². The molecule has 0 saturated heterocycles. The molecule has 23 heavy (non-hydrogen) atoms. The second kappa shape index (κ2) is 7.46. The summed E-state index contributed by atoms with van der Waals surface area (Å²) < 4.78 is 0. The number of anilines is 2. The van der Waals surface area contributed by atoms with Gasteiger partial charge < -0.3 is 9.80 Å². The maximum atomic E-state index is 9.35. The molecule has 0 bridgehead atoms. The van der Waals surface area contributed by atoms with E-state index in [1.54, 1.807) is 0 Å². The molecule has 0 saturated carbocycles. The fourth-order valence-electron chi connectivity index (χ4n) is 2.18. The van der Waals surface area contributed by atoms with Crippen LogP contribution in [0.2, 0.25) is 0 Å². The lowest BCUT2D eigenvalue weighted by molar-refractivity contribution is 1.06. The van der Waals surface area contributed by atoms with Gasteiger partial charge in [-0.25, -0.2) is 0 Å². The molecule has 4 heteroatoms. The maximum Gasteiger partial charge on any atom is 0.142 e. The largest absolute Gasteiger partial charge is 0.378 e. The molecule has 0 spiro atoms. The summed E-state index contributed by atoms with van der Waals surface area (Å²) >= 11 is 0. The van der Waals surface area contributed by atoms with Gasteiger partial charge in [0.1, 0.15) is 11.8 Å². The van der Waals surface area contributed by atoms with Gasteiger partial charge in [-0.2, -0.15) is 5.26 Å². The first-order chi connectivity index (χ1) is 11.0. The molecule has 0 aliphatic rings. The number of nitriles is 1. The quantitative estimate of drug-likeness (QED) is 0.796. The summed E-state index contributed by atoms with van der Waals surface area (Å²) in [6.07, 6.45) is 0. The first-order valence-electron chi connectivity index (χ1n) is 7.50. The SMILES string of the molecule is CN(C)c1ccc(CN=C(C#N)c2ccc(N(C)C)cc2)cc1. The van der Waals surface area contributed by atoms with E-state index in [-0.39, 0.29) is 0 Å². The Morgan fingerprint density at radius 2 is 1.35 bits per heavy atom. The smallest absolute Gasteiger partial charge is 0.142 e. The first-order valence-corrected chi connectivity index (χ1v) is 7.50. The van der Waals surface area contributed by atoms with Crippen LogP contribution in [0.25, 0.3) is 0 Å². The zero-order valence-corrected chi connectivity index (χ0v) is 14.1. The van der Waals surface area contributed by atoms with Gasteiger partial charge in [-0.1, -0.05) is 24.3 Å². The zero-order valence-electron chi connectivity index (χ0n) is 14.1. The van der Waals surface area contributed by atoms with E-state index >= 15 is 0 Å². The summed E-state index contributed by atoms with van der Waals surface area (Å²) in [5.41, 5.74) is 4.66. The van der Waals surface area contributed by atoms with Gasteiger partial charge in [-0.15, -0.1) is 0 Å². The Morgan fingerprint density at radius 1 is 0.870 bits per heavy atom. The third-order valence-corrected chi connectivity index (χ3v) is 3.64. The van der Waals surface area contributed by atoms with E-state index < -0.39 is 0 Å². The fourth-order valence-corrected chi connectivity index (χ4v) is 2.18. The molecule has 0 fully saturated rings. The van der Waals surface area contributed by atoms with Gasteiger partial charge in [0, 0.05) is 45.1 Å². The summed E-state index contributed by atoms with van der Waals surface area (Å²) in [6, 6.07) is 18.3. The molecule has 0 atom stereocenters. The van der Waals surface area contributed by atoms with Gasteiger partial charge in [0.05, 0.1) is 6.54 Å². The van der Waals surface area contributed by atoms with Crippen LogP contribution < -0.4 is 9.80 Å². The summed E-state index contributed by atoms with van der Waals surface area (Å²) in [5.74, 6) is 0. The van der Waals surface area contributed by atoms with E-state index in [0.29, 0.717) is 12.3 Å². The van der Waals surface area contributed by atoms with Crippen molar-refractivity contribution in [3.8, 4) is 6.07 Å². The summed E-state index contributed by atoms with van der Waals surface area (Å²) in [5, 5.41) is 9.35. The van der Waals surface area contributed by atoms with Gasteiger partial charge in [0.25, 0.3) is 0 Å². The summed E-state index contributed by atoms with van der Waals surface area (Å²) in [4.78, 5) is 8.54. The van der Waals surface area contributed by atoms with Crippen molar-refractivity contribution in [3.63, 3.8) is 0 Å². The van der Waals surface area contributed by atoms with Crippen molar-refractivity contribution in [1.29, 1.82) is 5.26 Å². The highest BCUT2D eigenvalue weighted by Crippen LogP contribution is 2.15. The van der Waals surface area contributed by atoms with Crippen molar-refractivity contribution in [3.05, 3.63) is 59.7 Å². The Hall–Kier alpha value is -2.80. The molecule has 0 aliphatic heterocycles. The van der Waals surface area contributed by atoms with Crippen LogP contribution in [0.3, 0.4) is 0 Å². The molecule has 0 aliphatic carbocycles. The van der Waals surface area contributed by atoms with Crippen LogP contribution in [-0.2, 0) is 6.54 Å². The Labute approximate surface area is 138 Å². The number of hydrogen-bond donors (Lipinski definition) is 0. The van der Waals surface area contributed by atoms with Crippen molar-refractivity contribution < 1.29 is 0 Å². The van der Waals surface area contributed by atoms with Gasteiger partial charge in [-0.05, 0) is 29.8 Å². The lowest BCUT2D eigenvalue weighted by Crippen LogP contribution is -2.09. The molecule has 0 amide bonds. The molecule has 2 aromatic rings. The predicted molar refractivity (Wildman–Crippen MR) is 97.4 cm³/mol. The standard InChI is InChI=1S/C19H22N4/c1-22(2)17-9-5-15(6-10-17)14-21-19(13-20)16-7-11-18(12-8-16)23(3)4/h5-12H,14H2,1-4H3. The molecule has 118 valence electrons. The van der Waals surface area contributed by atoms with Crippen LogP contribution in [0.15, 0.2) is 53.5 Å². The minimum atomic E-state index is 0.465. The average Bonchev–Trinajstić information content (AvgIpc) is 2.56. The monoisotopic (exact) mass is 306 g/mol. The van der Waals surface area contributed by atoms with E-state index in [1.165, 1.54) is 0 Å². The average molecular weight is 306 g/mol. The van der Waals surface area contributed by atoms with Crippen LogP contribution in [0.1, 0.15) is 11.1 Å². The van der Waals surface area contributed by atoms with Crippen LogP contribution >= 0.6 is 0 Å². The van der Waals surface area contributed by atoms with Crippen molar-refractivity contribution in [2.24, 2.45) is 4.99 Å². The fraction of sp³-hybridized carbons (Fsp3) is 0.263. The van der Waals surface area contributed by atoms with Crippen LogP contribution in [0.5, 0.6) is 0 Å². The third kappa shape index (κ3) is 4.33. The lowest BCUT2D eigenvalue weighted by Gasteiger charge is -2.12. The minimum Gasteiger partial charge on any atom is -0.378 e. The number of rotatable bonds is 5. The van der Waals surface area contributed by atoms with Gasteiger partial charge in [-0.3, -0.25) is 4.99 Å². The first kappa shape index (κ1) is 16.6. The Bertz CT molecular complexity index is 705. The normalized spacial score (nSPS) is 11.0. The van der Waals surface area contributed by atoms with Gasteiger partial charge >= 0.3 is 0 Å². The molecular formula is C19H22N4. The third-order valence-electron chi connectivity index (χ3n) is 3.64. The van der Waals surface area contributed by atoms with E-state index in [2.05, 4.69) is 28.1 Å². The Morgan fingerprint density at radius 3 is 1.78 bits per heavy atom. The van der Waals surface area contributed by atoms with Crippen molar-refractivity contribution in [2.75, 3.05) is 38.0 Å². The molecule has 4 nitrogen and oxygen atoms in total. The number of hydrogen-bond acceptors (Lipinski definition) is 4. The highest BCUT2D eigenvalue weighted by atomic mass is 15.1. The summed E-state index contributed by atoms with van der Waals surface area (Å²) in [6.45, 7) is 0.506. The van der Waals surface area contributed by atoms with Crippen molar-refractivity contribution in [1.82, 2.24) is 0 Å². The van der Waals surface area contributed by atoms with Crippen molar-refractivity contribution in [2.45, 2.75) is 6.54 Å². The molecule has 2 rings (SSSR count).